The maximum Gasteiger partial charge on any atom is 0.350 e. The summed E-state index contributed by atoms with van der Waals surface area (Å²) < 4.78 is 19.5. The van der Waals surface area contributed by atoms with Gasteiger partial charge in [-0.25, -0.2) is 14.2 Å². The number of benzene rings is 1. The molecule has 0 aliphatic heterocycles. The third-order valence-electron chi connectivity index (χ3n) is 3.25. The molecule has 7 nitrogen and oxygen atoms in total. The normalized spacial score (nSPS) is 10.5. The van der Waals surface area contributed by atoms with Crippen LogP contribution < -0.4 is 10.4 Å². The van der Waals surface area contributed by atoms with E-state index in [1.165, 1.54) is 31.0 Å². The van der Waals surface area contributed by atoms with Gasteiger partial charge in [0, 0.05) is 0 Å². The maximum absolute atomic E-state index is 13.2. The van der Waals surface area contributed by atoms with Crippen LogP contribution in [0.1, 0.15) is 0 Å². The molecule has 0 saturated heterocycles. The lowest BCUT2D eigenvalue weighted by Crippen LogP contribution is -2.19. The number of methoxy groups -OCH3 is 1. The third kappa shape index (κ3) is 3.50. The molecule has 0 aliphatic rings. The van der Waals surface area contributed by atoms with Crippen molar-refractivity contribution >= 4 is 17.4 Å². The Balaban J connectivity index is 2.12. The molecule has 0 aliphatic carbocycles. The minimum absolute atomic E-state index is 0.215. The first-order chi connectivity index (χ1) is 12.1. The first-order valence-electron chi connectivity index (χ1n) is 7.16. The van der Waals surface area contributed by atoms with Gasteiger partial charge in [-0.2, -0.15) is 4.52 Å². The molecular formula is C16H13FN4O3S. The van der Waals surface area contributed by atoms with Crippen LogP contribution in [-0.4, -0.2) is 44.2 Å². The number of hydrogen-bond donors (Lipinski definition) is 2. The fourth-order valence-electron chi connectivity index (χ4n) is 2.19. The lowest BCUT2D eigenvalue weighted by molar-refractivity contribution is 0.350. The standard InChI is InChI=1S/C16H13FN4O3S/c1-24-14-12(10-4-6-11(17)7-5-10)13-18-15(25-9-3-2-8-22)19-16(23)21(13)20-14/h4-7,22H,8-9H2,1H3,(H,18,19,23). The second-order valence-corrected chi connectivity index (χ2v) is 5.74. The number of aromatic nitrogens is 4. The van der Waals surface area contributed by atoms with Crippen molar-refractivity contribution in [1.82, 2.24) is 19.6 Å². The second kappa shape index (κ2) is 7.38. The third-order valence-corrected chi connectivity index (χ3v) is 4.01. The zero-order chi connectivity index (χ0) is 17.8. The molecule has 25 heavy (non-hydrogen) atoms. The Labute approximate surface area is 145 Å². The Morgan fingerprint density at radius 2 is 2.12 bits per heavy atom. The minimum Gasteiger partial charge on any atom is -0.479 e. The van der Waals surface area contributed by atoms with Gasteiger partial charge in [0.1, 0.15) is 12.4 Å². The van der Waals surface area contributed by atoms with Crippen molar-refractivity contribution in [2.75, 3.05) is 19.5 Å². The number of aliphatic hydroxyl groups is 1. The maximum atomic E-state index is 13.2. The van der Waals surface area contributed by atoms with Gasteiger partial charge in [-0.1, -0.05) is 35.7 Å². The molecule has 2 N–H and O–H groups in total. The summed E-state index contributed by atoms with van der Waals surface area (Å²) in [6.07, 6.45) is 0. The molecule has 3 aromatic rings. The summed E-state index contributed by atoms with van der Waals surface area (Å²) in [5.41, 5.74) is 0.943. The second-order valence-electron chi connectivity index (χ2n) is 4.77. The fraction of sp³-hybridized carbons (Fsp3) is 0.188. The van der Waals surface area contributed by atoms with Crippen molar-refractivity contribution in [3.05, 3.63) is 40.6 Å². The Morgan fingerprint density at radius 1 is 1.36 bits per heavy atom. The highest BCUT2D eigenvalue weighted by atomic mass is 32.2. The Bertz CT molecular complexity index is 1020. The summed E-state index contributed by atoms with van der Waals surface area (Å²) in [5, 5.41) is 13.1. The monoisotopic (exact) mass is 360 g/mol. The number of thioether (sulfide) groups is 1. The summed E-state index contributed by atoms with van der Waals surface area (Å²) in [5.74, 6) is 5.45. The number of H-pyrrole nitrogens is 1. The number of fused-ring (bicyclic) bond motifs is 1. The van der Waals surface area contributed by atoms with Crippen LogP contribution in [0.2, 0.25) is 0 Å². The van der Waals surface area contributed by atoms with Gasteiger partial charge >= 0.3 is 5.69 Å². The molecule has 0 unspecified atom stereocenters. The predicted molar refractivity (Wildman–Crippen MR) is 91.1 cm³/mol. The number of halogens is 1. The molecule has 0 fully saturated rings. The average molecular weight is 360 g/mol. The Morgan fingerprint density at radius 3 is 2.80 bits per heavy atom. The van der Waals surface area contributed by atoms with Gasteiger partial charge in [0.25, 0.3) is 0 Å². The zero-order valence-electron chi connectivity index (χ0n) is 13.1. The molecule has 0 spiro atoms. The van der Waals surface area contributed by atoms with E-state index in [2.05, 4.69) is 26.9 Å². The van der Waals surface area contributed by atoms with Gasteiger partial charge in [0.05, 0.1) is 18.4 Å². The van der Waals surface area contributed by atoms with Gasteiger partial charge in [-0.15, -0.1) is 5.10 Å². The predicted octanol–water partition coefficient (Wildman–Crippen LogP) is 1.32. The van der Waals surface area contributed by atoms with Crippen LogP contribution in [0.25, 0.3) is 16.8 Å². The summed E-state index contributed by atoms with van der Waals surface area (Å²) in [7, 11) is 1.43. The quantitative estimate of drug-likeness (QED) is 0.539. The molecule has 1 aromatic carbocycles. The summed E-state index contributed by atoms with van der Waals surface area (Å²) in [6.45, 7) is -0.224. The number of rotatable bonds is 4. The lowest BCUT2D eigenvalue weighted by atomic mass is 10.1. The first kappa shape index (κ1) is 17.0. The molecule has 0 bridgehead atoms. The smallest absolute Gasteiger partial charge is 0.350 e. The summed E-state index contributed by atoms with van der Waals surface area (Å²) in [6, 6.07) is 5.76. The summed E-state index contributed by atoms with van der Waals surface area (Å²) in [4.78, 5) is 19.3. The van der Waals surface area contributed by atoms with Crippen molar-refractivity contribution in [3.63, 3.8) is 0 Å². The van der Waals surface area contributed by atoms with E-state index in [9.17, 15) is 9.18 Å². The van der Waals surface area contributed by atoms with Crippen molar-refractivity contribution in [1.29, 1.82) is 0 Å². The molecule has 0 radical (unpaired) electrons. The van der Waals surface area contributed by atoms with Crippen LogP contribution in [-0.2, 0) is 0 Å². The number of ether oxygens (including phenoxy) is 1. The number of hydrogen-bond acceptors (Lipinski definition) is 6. The van der Waals surface area contributed by atoms with Crippen LogP contribution in [0.5, 0.6) is 5.88 Å². The molecule has 3 rings (SSSR count). The van der Waals surface area contributed by atoms with E-state index in [4.69, 9.17) is 9.84 Å². The van der Waals surface area contributed by atoms with E-state index in [1.807, 2.05) is 0 Å². The zero-order valence-corrected chi connectivity index (χ0v) is 13.9. The molecule has 2 aromatic heterocycles. The molecule has 0 atom stereocenters. The molecule has 9 heteroatoms. The average Bonchev–Trinajstić information content (AvgIpc) is 2.99. The molecule has 0 amide bonds. The minimum atomic E-state index is -0.478. The number of nitrogens with zero attached hydrogens (tertiary/aromatic N) is 3. The van der Waals surface area contributed by atoms with Crippen LogP contribution in [0.3, 0.4) is 0 Å². The number of aromatic amines is 1. The molecule has 128 valence electrons. The van der Waals surface area contributed by atoms with Gasteiger partial charge in [0.15, 0.2) is 10.8 Å². The van der Waals surface area contributed by atoms with Gasteiger partial charge in [-0.05, 0) is 17.7 Å². The van der Waals surface area contributed by atoms with E-state index >= 15 is 0 Å². The van der Waals surface area contributed by atoms with Gasteiger partial charge in [-0.3, -0.25) is 4.98 Å². The SMILES string of the molecule is COc1nn2c(=O)[nH]c(SCC#CCO)nc2c1-c1ccc(F)cc1. The van der Waals surface area contributed by atoms with Gasteiger partial charge < -0.3 is 9.84 Å². The molecule has 0 saturated carbocycles. The van der Waals surface area contributed by atoms with Gasteiger partial charge in [0.2, 0.25) is 5.88 Å². The van der Waals surface area contributed by atoms with Crippen molar-refractivity contribution < 1.29 is 14.2 Å². The largest absolute Gasteiger partial charge is 0.479 e. The van der Waals surface area contributed by atoms with Crippen LogP contribution in [0.4, 0.5) is 4.39 Å². The number of nitrogens with one attached hydrogen (secondary N) is 1. The van der Waals surface area contributed by atoms with E-state index in [1.54, 1.807) is 12.1 Å². The lowest BCUT2D eigenvalue weighted by Gasteiger charge is -2.02. The van der Waals surface area contributed by atoms with E-state index in [0.29, 0.717) is 27.7 Å². The summed E-state index contributed by atoms with van der Waals surface area (Å²) >= 11 is 1.22. The van der Waals surface area contributed by atoms with Crippen LogP contribution >= 0.6 is 11.8 Å². The van der Waals surface area contributed by atoms with Crippen LogP contribution in [0, 0.1) is 17.7 Å². The van der Waals surface area contributed by atoms with Crippen molar-refractivity contribution in [2.45, 2.75) is 5.16 Å². The van der Waals surface area contributed by atoms with Crippen LogP contribution in [0.15, 0.2) is 34.2 Å². The Hall–Kier alpha value is -2.83. The van der Waals surface area contributed by atoms with E-state index in [0.717, 1.165) is 4.52 Å². The topological polar surface area (TPSA) is 92.5 Å². The Kier molecular flexibility index (Phi) is 5.02. The highest BCUT2D eigenvalue weighted by molar-refractivity contribution is 7.99. The molecular weight excluding hydrogens is 347 g/mol. The number of aliphatic hydroxyl groups excluding tert-OH is 1. The van der Waals surface area contributed by atoms with Crippen molar-refractivity contribution in [3.8, 4) is 28.8 Å². The van der Waals surface area contributed by atoms with E-state index < -0.39 is 5.69 Å². The fourth-order valence-corrected chi connectivity index (χ4v) is 2.82. The first-order valence-corrected chi connectivity index (χ1v) is 8.15. The van der Waals surface area contributed by atoms with E-state index in [-0.39, 0.29) is 18.3 Å². The molecule has 2 heterocycles. The highest BCUT2D eigenvalue weighted by Gasteiger charge is 2.19. The highest BCUT2D eigenvalue weighted by Crippen LogP contribution is 2.32. The van der Waals surface area contributed by atoms with Crippen molar-refractivity contribution in [2.24, 2.45) is 0 Å².